The predicted molar refractivity (Wildman–Crippen MR) is 377 cm³/mol. The molecular formula is C65H109ClN10O17S3. The third-order valence-electron chi connectivity index (χ3n) is 13.8. The maximum absolute atomic E-state index is 14.1. The van der Waals surface area contributed by atoms with E-state index in [1.54, 1.807) is 30.3 Å². The molecule has 0 aliphatic carbocycles. The van der Waals surface area contributed by atoms with E-state index in [2.05, 4.69) is 44.2 Å². The number of Topliss-reactive ketones (excluding diaryl/α,β-unsaturated/α-hetero) is 5. The highest BCUT2D eigenvalue weighted by Crippen LogP contribution is 2.27. The molecule has 96 heavy (non-hydrogen) atoms. The van der Waals surface area contributed by atoms with E-state index in [1.165, 1.54) is 23.5 Å². The van der Waals surface area contributed by atoms with E-state index in [9.17, 15) is 62.6 Å². The van der Waals surface area contributed by atoms with Gasteiger partial charge in [-0.2, -0.15) is 36.2 Å². The van der Waals surface area contributed by atoms with E-state index in [-0.39, 0.29) is 103 Å². The van der Waals surface area contributed by atoms with Crippen molar-refractivity contribution in [2.45, 2.75) is 179 Å². The highest BCUT2D eigenvalue weighted by molar-refractivity contribution is 8.00. The van der Waals surface area contributed by atoms with Gasteiger partial charge in [0.1, 0.15) is 25.1 Å². The van der Waals surface area contributed by atoms with Crippen molar-refractivity contribution in [3.8, 4) is 0 Å². The van der Waals surface area contributed by atoms with Crippen molar-refractivity contribution >= 4 is 124 Å². The maximum atomic E-state index is 14.1. The molecule has 0 unspecified atom stereocenters. The lowest BCUT2D eigenvalue weighted by Gasteiger charge is -2.26. The van der Waals surface area contributed by atoms with Crippen LogP contribution in [0.25, 0.3) is 0 Å². The number of guanidine groups is 1. The Hall–Kier alpha value is -5.73. The number of thiol groups is 1. The van der Waals surface area contributed by atoms with Gasteiger partial charge in [-0.15, -0.1) is 11.6 Å². The normalized spacial score (nSPS) is 13.5. The minimum absolute atomic E-state index is 0.0559. The molecule has 0 spiro atoms. The molecule has 31 heteroatoms. The molecule has 14 N–H and O–H groups in total. The molecule has 0 heterocycles. The van der Waals surface area contributed by atoms with Crippen molar-refractivity contribution < 1.29 is 81.6 Å². The van der Waals surface area contributed by atoms with E-state index < -0.39 is 132 Å². The van der Waals surface area contributed by atoms with Crippen LogP contribution in [0.2, 0.25) is 0 Å². The lowest BCUT2D eigenvalue weighted by molar-refractivity contribution is -0.142. The first-order chi connectivity index (χ1) is 45.3. The average Bonchev–Trinajstić information content (AvgIpc) is 0.920. The van der Waals surface area contributed by atoms with Gasteiger partial charge in [0.25, 0.3) is 0 Å². The lowest BCUT2D eigenvalue weighted by Crippen LogP contribution is -2.53. The Morgan fingerprint density at radius 3 is 1.71 bits per heavy atom. The Bertz CT molecular complexity index is 2580. The van der Waals surface area contributed by atoms with Gasteiger partial charge in [0.05, 0.1) is 50.2 Å². The number of nitrogens with two attached hydrogens (primary N) is 4. The number of rotatable bonds is 54. The second-order valence-electron chi connectivity index (χ2n) is 24.6. The number of aliphatic carboxylic acids is 1. The number of aliphatic imine (C=N–C) groups is 1. The molecule has 1 aromatic rings. The fraction of sp³-hybridized carbons (Fsp3) is 0.708. The minimum Gasteiger partial charge on any atom is -0.481 e. The zero-order valence-electron chi connectivity index (χ0n) is 57.3. The maximum Gasteiger partial charge on any atom is 0.304 e. The molecule has 0 saturated heterocycles. The van der Waals surface area contributed by atoms with Gasteiger partial charge in [0.2, 0.25) is 35.4 Å². The largest absolute Gasteiger partial charge is 0.481 e. The molecule has 7 atom stereocenters. The Labute approximate surface area is 585 Å². The number of nitrogens with zero attached hydrogens (tertiary/aromatic N) is 1. The molecule has 27 nitrogen and oxygen atoms in total. The molecule has 0 aliphatic rings. The summed E-state index contributed by atoms with van der Waals surface area (Å²) in [5.41, 5.74) is 22.2. The third kappa shape index (κ3) is 46.5. The lowest BCUT2D eigenvalue weighted by atomic mass is 9.90. The first-order valence-corrected chi connectivity index (χ1v) is 35.6. The topological polar surface area (TPSA) is 439 Å². The van der Waals surface area contributed by atoms with Gasteiger partial charge >= 0.3 is 5.97 Å². The number of hydrogen-bond acceptors (Lipinski definition) is 21. The van der Waals surface area contributed by atoms with E-state index in [1.807, 2.05) is 55.4 Å². The summed E-state index contributed by atoms with van der Waals surface area (Å²) in [6, 6.07) is 4.64. The van der Waals surface area contributed by atoms with E-state index in [0.717, 1.165) is 5.56 Å². The second-order valence-corrected chi connectivity index (χ2v) is 28.9. The van der Waals surface area contributed by atoms with Crippen molar-refractivity contribution in [3.63, 3.8) is 0 Å². The van der Waals surface area contributed by atoms with Crippen LogP contribution in [0.3, 0.4) is 0 Å². The van der Waals surface area contributed by atoms with Crippen LogP contribution in [0.4, 0.5) is 0 Å². The SMILES string of the molecule is CCOCCCC(=O)[C@H](CSC(C)(C)C)NC(=O)[C@@H](CC(=O)[C@H](CS)NC(=O)[C@H](CC(=O)O)CC(=O)CNC(=O)[C@H](CCCN=C(N)N)CC(=O)[C@H](CSC(C)(C)C)NC(=O)[C@H](CCCCN)NC(=O)CCl)Cc1ccccc1.CCOCCOCCCC(=O)COCC(N)=O. The number of alkyl halides is 1. The minimum atomic E-state index is -1.51. The molecule has 0 saturated carbocycles. The Kier molecular flexibility index (Phi) is 49.2. The fourth-order valence-electron chi connectivity index (χ4n) is 8.85. The molecule has 0 aromatic heterocycles. The Morgan fingerprint density at radius 1 is 0.583 bits per heavy atom. The number of benzene rings is 1. The summed E-state index contributed by atoms with van der Waals surface area (Å²) >= 11 is 12.9. The van der Waals surface area contributed by atoms with Crippen molar-refractivity contribution in [2.24, 2.45) is 45.7 Å². The molecular weight excluding hydrogens is 1320 g/mol. The van der Waals surface area contributed by atoms with Gasteiger partial charge in [0.15, 0.2) is 34.9 Å². The summed E-state index contributed by atoms with van der Waals surface area (Å²) in [6.45, 7) is 18.2. The summed E-state index contributed by atoms with van der Waals surface area (Å²) in [4.78, 5) is 161. The highest BCUT2D eigenvalue weighted by Gasteiger charge is 2.35. The van der Waals surface area contributed by atoms with Crippen LogP contribution in [0, 0.1) is 17.8 Å². The van der Waals surface area contributed by atoms with E-state index >= 15 is 0 Å². The van der Waals surface area contributed by atoms with Crippen LogP contribution in [0.15, 0.2) is 35.3 Å². The second kappa shape index (κ2) is 52.3. The van der Waals surface area contributed by atoms with Gasteiger partial charge in [-0.25, -0.2) is 0 Å². The Morgan fingerprint density at radius 2 is 1.14 bits per heavy atom. The number of halogens is 1. The standard InChI is InChI=1S/C54H88ClN9O12S3.C11H21NO5/c1-8-76-23-15-20-43(66)41(32-78-53(2,3)4)63-49(73)36(24-34-16-10-9-11-17-34)27-44(67)40(31-77)62-50(74)37(28-47(70)71)25-38(65)30-60-48(72)35(18-14-22-59-52(57)58)26-45(68)42(33-79-54(5,6)7)64-51(75)39(19-12-13-21-56)61-46(69)29-55;1-2-15-6-7-16-5-3-4-10(13)8-17-9-11(12)14/h9-11,16-17,35-37,39-42,77H,8,12-15,18-33,56H2,1-7H3,(H,60,72)(H,61,69)(H,62,74)(H,63,73)(H,64,75)(H,70,71)(H4,57,58,59);2-9H2,1H3,(H2,12,14)/t35-,36-,37+,39+,40+,41+,42+;/m1./s1. The summed E-state index contributed by atoms with van der Waals surface area (Å²) in [5.74, 6) is -11.6. The van der Waals surface area contributed by atoms with Crippen molar-refractivity contribution in [2.75, 3.05) is 95.6 Å². The third-order valence-corrected chi connectivity index (χ3v) is 17.2. The molecule has 0 bridgehead atoms. The number of unbranched alkanes of at least 4 members (excludes halogenated alkanes) is 1. The van der Waals surface area contributed by atoms with Crippen LogP contribution in [-0.2, 0) is 82.9 Å². The summed E-state index contributed by atoms with van der Waals surface area (Å²) in [6.07, 6.45) is 1.07. The number of primary amides is 1. The highest BCUT2D eigenvalue weighted by atomic mass is 35.5. The summed E-state index contributed by atoms with van der Waals surface area (Å²) < 4.78 is 19.9. The molecule has 0 fully saturated rings. The zero-order chi connectivity index (χ0) is 72.7. The van der Waals surface area contributed by atoms with Crippen LogP contribution in [-0.4, -0.2) is 211 Å². The quantitative estimate of drug-likeness (QED) is 0.0147. The molecule has 6 amide bonds. The number of carboxylic acids is 1. The van der Waals surface area contributed by atoms with Crippen LogP contribution in [0.5, 0.6) is 0 Å². The smallest absolute Gasteiger partial charge is 0.304 e. The van der Waals surface area contributed by atoms with Crippen molar-refractivity contribution in [3.05, 3.63) is 35.9 Å². The number of carbonyl (C=O) groups excluding carboxylic acids is 11. The van der Waals surface area contributed by atoms with Gasteiger partial charge in [-0.3, -0.25) is 62.5 Å². The van der Waals surface area contributed by atoms with Crippen LogP contribution in [0.1, 0.15) is 144 Å². The number of ketones is 5. The summed E-state index contributed by atoms with van der Waals surface area (Å²) in [7, 11) is 0. The van der Waals surface area contributed by atoms with Gasteiger partial charge in [0, 0.05) is 104 Å². The first-order valence-electron chi connectivity index (χ1n) is 32.4. The van der Waals surface area contributed by atoms with Gasteiger partial charge in [-0.1, -0.05) is 71.9 Å². The number of nitrogens with one attached hydrogen (secondary N) is 5. The van der Waals surface area contributed by atoms with E-state index in [4.69, 9.17) is 53.5 Å². The van der Waals surface area contributed by atoms with Gasteiger partial charge in [-0.05, 0) is 77.3 Å². The Balaban J connectivity index is 0.00000461. The fourth-order valence-corrected chi connectivity index (χ4v) is 11.1. The number of hydrogen-bond donors (Lipinski definition) is 11. The monoisotopic (exact) mass is 1430 g/mol. The van der Waals surface area contributed by atoms with E-state index in [0.29, 0.717) is 78.3 Å². The zero-order valence-corrected chi connectivity index (χ0v) is 60.6. The molecule has 1 aromatic carbocycles. The molecule has 0 aliphatic heterocycles. The molecule has 0 radical (unpaired) electrons. The van der Waals surface area contributed by atoms with Crippen LogP contribution < -0.4 is 49.5 Å². The van der Waals surface area contributed by atoms with Gasteiger partial charge < -0.3 is 73.6 Å². The number of carboxylic acid groups (broad SMARTS) is 1. The summed E-state index contributed by atoms with van der Waals surface area (Å²) in [5, 5.41) is 23.1. The van der Waals surface area contributed by atoms with Crippen molar-refractivity contribution in [1.82, 2.24) is 26.6 Å². The molecule has 1 rings (SSSR count). The number of carbonyl (C=O) groups is 12. The van der Waals surface area contributed by atoms with Crippen LogP contribution >= 0.6 is 47.8 Å². The first kappa shape index (κ1) is 90.3. The predicted octanol–water partition coefficient (Wildman–Crippen LogP) is 3.18. The number of ether oxygens (including phenoxy) is 4. The van der Waals surface area contributed by atoms with Crippen molar-refractivity contribution in [1.29, 1.82) is 0 Å². The number of amides is 6. The average molecular weight is 1430 g/mol. The number of thioether (sulfide) groups is 2. The molecule has 546 valence electrons.